The Morgan fingerprint density at radius 1 is 1.25 bits per heavy atom. The van der Waals surface area contributed by atoms with Gasteiger partial charge < -0.3 is 5.73 Å². The molecular weight excluding hydrogens is 200 g/mol. The van der Waals surface area contributed by atoms with Crippen molar-refractivity contribution in [1.29, 1.82) is 0 Å². The number of aromatic nitrogens is 3. The minimum atomic E-state index is -0.232. The van der Waals surface area contributed by atoms with E-state index in [1.165, 1.54) is 12.8 Å². The van der Waals surface area contributed by atoms with E-state index in [4.69, 9.17) is 5.73 Å². The van der Waals surface area contributed by atoms with Crippen molar-refractivity contribution in [3.05, 3.63) is 47.5 Å². The maximum atomic E-state index is 6.11. The molecular formula is C12H14N4. The maximum absolute atomic E-state index is 6.11. The first-order chi connectivity index (χ1) is 7.84. The Hall–Kier alpha value is -1.68. The first-order valence-electron chi connectivity index (χ1n) is 5.57. The predicted molar refractivity (Wildman–Crippen MR) is 60.8 cm³/mol. The van der Waals surface area contributed by atoms with Crippen LogP contribution in [-0.4, -0.2) is 15.2 Å². The van der Waals surface area contributed by atoms with E-state index in [1.807, 2.05) is 30.3 Å². The lowest BCUT2D eigenvalue weighted by molar-refractivity contribution is 0.787. The quantitative estimate of drug-likeness (QED) is 0.817. The predicted octanol–water partition coefficient (Wildman–Crippen LogP) is 1.73. The van der Waals surface area contributed by atoms with Crippen molar-refractivity contribution in [1.82, 2.24) is 15.2 Å². The van der Waals surface area contributed by atoms with Crippen LogP contribution in [0.2, 0.25) is 0 Å². The van der Waals surface area contributed by atoms with Crippen LogP contribution in [0.15, 0.2) is 30.3 Å². The van der Waals surface area contributed by atoms with Crippen molar-refractivity contribution in [2.45, 2.75) is 24.8 Å². The van der Waals surface area contributed by atoms with Gasteiger partial charge in [-0.15, -0.1) is 0 Å². The van der Waals surface area contributed by atoms with Gasteiger partial charge in [0.15, 0.2) is 5.82 Å². The van der Waals surface area contributed by atoms with Gasteiger partial charge in [-0.2, -0.15) is 5.10 Å². The van der Waals surface area contributed by atoms with Crippen LogP contribution in [0, 0.1) is 0 Å². The van der Waals surface area contributed by atoms with Crippen molar-refractivity contribution >= 4 is 0 Å². The van der Waals surface area contributed by atoms with Gasteiger partial charge in [-0.1, -0.05) is 30.3 Å². The zero-order valence-corrected chi connectivity index (χ0v) is 8.93. The SMILES string of the molecule is N[C@H](c1ccccc1)c1n[nH]c(C2CC2)n1. The average molecular weight is 214 g/mol. The lowest BCUT2D eigenvalue weighted by Gasteiger charge is -2.06. The van der Waals surface area contributed by atoms with Crippen molar-refractivity contribution < 1.29 is 0 Å². The second-order valence-electron chi connectivity index (χ2n) is 4.24. The van der Waals surface area contributed by atoms with Gasteiger partial charge in [0.05, 0.1) is 6.04 Å². The molecule has 1 fully saturated rings. The third-order valence-electron chi connectivity index (χ3n) is 2.92. The highest BCUT2D eigenvalue weighted by Gasteiger charge is 2.28. The Balaban J connectivity index is 1.85. The average Bonchev–Trinajstić information content (AvgIpc) is 3.08. The molecule has 2 aromatic rings. The zero-order valence-electron chi connectivity index (χ0n) is 8.93. The molecule has 1 aliphatic rings. The van der Waals surface area contributed by atoms with Crippen LogP contribution in [0.1, 0.15) is 42.0 Å². The fourth-order valence-corrected chi connectivity index (χ4v) is 1.78. The van der Waals surface area contributed by atoms with Gasteiger partial charge in [0.25, 0.3) is 0 Å². The largest absolute Gasteiger partial charge is 0.318 e. The monoisotopic (exact) mass is 214 g/mol. The first-order valence-corrected chi connectivity index (χ1v) is 5.57. The van der Waals surface area contributed by atoms with E-state index in [0.717, 1.165) is 11.4 Å². The number of benzene rings is 1. The summed E-state index contributed by atoms with van der Waals surface area (Å²) in [4.78, 5) is 4.46. The fraction of sp³-hybridized carbons (Fsp3) is 0.333. The maximum Gasteiger partial charge on any atom is 0.171 e. The number of rotatable bonds is 3. The molecule has 0 bridgehead atoms. The molecule has 1 aromatic carbocycles. The number of nitrogens with zero attached hydrogens (tertiary/aromatic N) is 2. The van der Waals surface area contributed by atoms with Crippen LogP contribution >= 0.6 is 0 Å². The van der Waals surface area contributed by atoms with Crippen LogP contribution in [0.4, 0.5) is 0 Å². The van der Waals surface area contributed by atoms with E-state index in [1.54, 1.807) is 0 Å². The third-order valence-corrected chi connectivity index (χ3v) is 2.92. The Bertz CT molecular complexity index is 473. The molecule has 82 valence electrons. The minimum Gasteiger partial charge on any atom is -0.318 e. The lowest BCUT2D eigenvalue weighted by atomic mass is 10.1. The second kappa shape index (κ2) is 3.72. The summed E-state index contributed by atoms with van der Waals surface area (Å²) in [7, 11) is 0. The lowest BCUT2D eigenvalue weighted by Crippen LogP contribution is -2.13. The molecule has 1 saturated carbocycles. The van der Waals surface area contributed by atoms with Crippen molar-refractivity contribution in [2.24, 2.45) is 5.73 Å². The Morgan fingerprint density at radius 3 is 2.69 bits per heavy atom. The molecule has 3 N–H and O–H groups in total. The molecule has 4 nitrogen and oxygen atoms in total. The molecule has 1 aromatic heterocycles. The molecule has 0 unspecified atom stereocenters. The van der Waals surface area contributed by atoms with Gasteiger partial charge in [-0.05, 0) is 18.4 Å². The molecule has 1 aliphatic carbocycles. The standard InChI is InChI=1S/C12H14N4/c13-10(8-4-2-1-3-5-8)12-14-11(15-16-12)9-6-7-9/h1-5,9-10H,6-7,13H2,(H,14,15,16)/t10-/m1/s1. The number of hydrogen-bond donors (Lipinski definition) is 2. The number of nitrogens with one attached hydrogen (secondary N) is 1. The van der Waals surface area contributed by atoms with Crippen LogP contribution < -0.4 is 5.73 Å². The molecule has 1 atom stereocenters. The number of hydrogen-bond acceptors (Lipinski definition) is 3. The zero-order chi connectivity index (χ0) is 11.0. The topological polar surface area (TPSA) is 67.6 Å². The van der Waals surface area contributed by atoms with Crippen LogP contribution in [-0.2, 0) is 0 Å². The molecule has 4 heteroatoms. The second-order valence-corrected chi connectivity index (χ2v) is 4.24. The normalized spacial score (nSPS) is 17.3. The summed E-state index contributed by atoms with van der Waals surface area (Å²) in [6, 6.07) is 9.69. The van der Waals surface area contributed by atoms with Gasteiger partial charge >= 0.3 is 0 Å². The summed E-state index contributed by atoms with van der Waals surface area (Å²) in [5, 5.41) is 7.17. The molecule has 0 aliphatic heterocycles. The van der Waals surface area contributed by atoms with E-state index in [9.17, 15) is 0 Å². The highest BCUT2D eigenvalue weighted by molar-refractivity contribution is 5.24. The van der Waals surface area contributed by atoms with Gasteiger partial charge in [-0.3, -0.25) is 5.10 Å². The van der Waals surface area contributed by atoms with Crippen molar-refractivity contribution in [3.8, 4) is 0 Å². The van der Waals surface area contributed by atoms with Crippen LogP contribution in [0.3, 0.4) is 0 Å². The van der Waals surface area contributed by atoms with E-state index in [2.05, 4.69) is 15.2 Å². The van der Waals surface area contributed by atoms with E-state index in [-0.39, 0.29) is 6.04 Å². The molecule has 3 rings (SSSR count). The Morgan fingerprint density at radius 2 is 2.00 bits per heavy atom. The summed E-state index contributed by atoms with van der Waals surface area (Å²) in [5.74, 6) is 2.26. The summed E-state index contributed by atoms with van der Waals surface area (Å²) < 4.78 is 0. The third kappa shape index (κ3) is 1.72. The Kier molecular flexibility index (Phi) is 2.22. The van der Waals surface area contributed by atoms with E-state index >= 15 is 0 Å². The Labute approximate surface area is 93.9 Å². The van der Waals surface area contributed by atoms with Crippen molar-refractivity contribution in [3.63, 3.8) is 0 Å². The summed E-state index contributed by atoms with van der Waals surface area (Å²) >= 11 is 0. The minimum absolute atomic E-state index is 0.232. The number of nitrogens with two attached hydrogens (primary N) is 1. The molecule has 0 amide bonds. The smallest absolute Gasteiger partial charge is 0.171 e. The molecule has 0 radical (unpaired) electrons. The van der Waals surface area contributed by atoms with Gasteiger partial charge in [0.1, 0.15) is 5.82 Å². The molecule has 16 heavy (non-hydrogen) atoms. The number of aromatic amines is 1. The summed E-state index contributed by atoms with van der Waals surface area (Å²) in [6.07, 6.45) is 2.43. The van der Waals surface area contributed by atoms with Gasteiger partial charge in [0.2, 0.25) is 0 Å². The van der Waals surface area contributed by atoms with E-state index in [0.29, 0.717) is 11.7 Å². The van der Waals surface area contributed by atoms with E-state index < -0.39 is 0 Å². The van der Waals surface area contributed by atoms with Gasteiger partial charge in [0, 0.05) is 5.92 Å². The number of H-pyrrole nitrogens is 1. The highest BCUT2D eigenvalue weighted by atomic mass is 15.2. The molecule has 0 saturated heterocycles. The van der Waals surface area contributed by atoms with Gasteiger partial charge in [-0.25, -0.2) is 4.98 Å². The fourth-order valence-electron chi connectivity index (χ4n) is 1.78. The summed E-state index contributed by atoms with van der Waals surface area (Å²) in [6.45, 7) is 0. The van der Waals surface area contributed by atoms with Crippen LogP contribution in [0.25, 0.3) is 0 Å². The molecule has 1 heterocycles. The van der Waals surface area contributed by atoms with Crippen LogP contribution in [0.5, 0.6) is 0 Å². The summed E-state index contributed by atoms with van der Waals surface area (Å²) in [5.41, 5.74) is 7.15. The first kappa shape index (κ1) is 9.54. The molecule has 0 spiro atoms. The van der Waals surface area contributed by atoms with Crippen molar-refractivity contribution in [2.75, 3.05) is 0 Å². The highest BCUT2D eigenvalue weighted by Crippen LogP contribution is 2.38.